The smallest absolute Gasteiger partial charge is 0.271 e. The molecule has 2 aromatic heterocycles. The van der Waals surface area contributed by atoms with Gasteiger partial charge in [0.15, 0.2) is 18.6 Å². The van der Waals surface area contributed by atoms with Gasteiger partial charge < -0.3 is 5.11 Å². The molecule has 0 spiro atoms. The van der Waals surface area contributed by atoms with Gasteiger partial charge in [0, 0.05) is 29.6 Å². The molecular formula is C11H13N4O4S+. The normalized spacial score (nSPS) is 11.5. The highest BCUT2D eigenvalue weighted by Gasteiger charge is 2.11. The van der Waals surface area contributed by atoms with E-state index in [4.69, 9.17) is 9.66 Å². The highest BCUT2D eigenvalue weighted by molar-refractivity contribution is 7.85. The monoisotopic (exact) mass is 297 g/mol. The summed E-state index contributed by atoms with van der Waals surface area (Å²) < 4.78 is 31.3. The minimum absolute atomic E-state index is 0.0589. The second kappa shape index (κ2) is 5.99. The number of aliphatic hydroxyl groups excluding tert-OH is 1. The summed E-state index contributed by atoms with van der Waals surface area (Å²) in [6.07, 6.45) is 6.10. The summed E-state index contributed by atoms with van der Waals surface area (Å²) in [5, 5.41) is 12.9. The fourth-order valence-corrected chi connectivity index (χ4v) is 1.86. The van der Waals surface area contributed by atoms with Crippen molar-refractivity contribution < 1.29 is 22.8 Å². The molecule has 9 heteroatoms. The largest absolute Gasteiger partial charge is 0.392 e. The van der Waals surface area contributed by atoms with Gasteiger partial charge in [-0.2, -0.15) is 8.42 Å². The Labute approximate surface area is 115 Å². The third-order valence-corrected chi connectivity index (χ3v) is 3.19. The standard InChI is InChI=1S/C11H12N4O4S/c16-8-9-5-12-11(13-6-9)10-1-2-15(14-7-10)3-4-20(17,18)19/h1-2,5-7,16H,3-4,8H2/p+1. The van der Waals surface area contributed by atoms with Gasteiger partial charge in [-0.15, -0.1) is 0 Å². The first-order chi connectivity index (χ1) is 9.48. The van der Waals surface area contributed by atoms with Crippen LogP contribution in [0.25, 0.3) is 11.4 Å². The van der Waals surface area contributed by atoms with E-state index in [2.05, 4.69) is 15.1 Å². The highest BCUT2D eigenvalue weighted by Crippen LogP contribution is 2.10. The molecule has 2 heterocycles. The first kappa shape index (κ1) is 14.4. The predicted octanol–water partition coefficient (Wildman–Crippen LogP) is -0.794. The molecule has 0 amide bonds. The zero-order valence-corrected chi connectivity index (χ0v) is 11.2. The Morgan fingerprint density at radius 2 is 1.90 bits per heavy atom. The number of aliphatic hydroxyl groups is 1. The molecule has 0 unspecified atom stereocenters. The lowest BCUT2D eigenvalue weighted by Gasteiger charge is -1.99. The number of aromatic nitrogens is 4. The van der Waals surface area contributed by atoms with Gasteiger partial charge in [-0.3, -0.25) is 4.55 Å². The second-order valence-corrected chi connectivity index (χ2v) is 5.61. The van der Waals surface area contributed by atoms with E-state index in [0.717, 1.165) is 0 Å². The van der Waals surface area contributed by atoms with Gasteiger partial charge in [-0.25, -0.2) is 9.97 Å². The van der Waals surface area contributed by atoms with E-state index >= 15 is 0 Å². The van der Waals surface area contributed by atoms with E-state index in [1.54, 1.807) is 12.3 Å². The van der Waals surface area contributed by atoms with Crippen LogP contribution in [0.3, 0.4) is 0 Å². The van der Waals surface area contributed by atoms with Crippen LogP contribution in [0.2, 0.25) is 0 Å². The van der Waals surface area contributed by atoms with Crippen LogP contribution in [0, 0.1) is 0 Å². The SMILES string of the molecule is O=S(=O)(O)CC[n+]1ccc(-c2ncc(CO)cn2)cn1. The average molecular weight is 297 g/mol. The van der Waals surface area contributed by atoms with Crippen molar-refractivity contribution in [2.45, 2.75) is 13.2 Å². The van der Waals surface area contributed by atoms with E-state index in [-0.39, 0.29) is 13.2 Å². The molecule has 0 aliphatic heterocycles. The molecule has 2 rings (SSSR count). The van der Waals surface area contributed by atoms with Crippen LogP contribution in [-0.4, -0.2) is 38.9 Å². The van der Waals surface area contributed by atoms with E-state index in [9.17, 15) is 8.42 Å². The quantitative estimate of drug-likeness (QED) is 0.548. The van der Waals surface area contributed by atoms with Gasteiger partial charge in [-0.1, -0.05) is 4.68 Å². The summed E-state index contributed by atoms with van der Waals surface area (Å²) in [4.78, 5) is 8.16. The summed E-state index contributed by atoms with van der Waals surface area (Å²) >= 11 is 0. The molecule has 2 N–H and O–H groups in total. The van der Waals surface area contributed by atoms with E-state index in [1.165, 1.54) is 23.3 Å². The Morgan fingerprint density at radius 3 is 2.40 bits per heavy atom. The van der Waals surface area contributed by atoms with Gasteiger partial charge in [0.05, 0.1) is 6.61 Å². The number of rotatable bonds is 5. The Morgan fingerprint density at radius 1 is 1.20 bits per heavy atom. The fraction of sp³-hybridized carbons (Fsp3) is 0.273. The molecule has 0 aromatic carbocycles. The van der Waals surface area contributed by atoms with E-state index in [1.807, 2.05) is 0 Å². The molecule has 106 valence electrons. The maximum absolute atomic E-state index is 10.6. The second-order valence-electron chi connectivity index (χ2n) is 4.04. The molecule has 0 atom stereocenters. The zero-order valence-electron chi connectivity index (χ0n) is 10.4. The van der Waals surface area contributed by atoms with Gasteiger partial charge in [0.25, 0.3) is 10.1 Å². The summed E-state index contributed by atoms with van der Waals surface area (Å²) in [6.45, 7) is -0.0631. The van der Waals surface area contributed by atoms with Crippen LogP contribution in [0.1, 0.15) is 5.56 Å². The molecular weight excluding hydrogens is 284 g/mol. The van der Waals surface area contributed by atoms with Crippen molar-refractivity contribution in [3.63, 3.8) is 0 Å². The first-order valence-corrected chi connectivity index (χ1v) is 7.32. The topological polar surface area (TPSA) is 117 Å². The lowest BCUT2D eigenvalue weighted by Crippen LogP contribution is -2.40. The third-order valence-electron chi connectivity index (χ3n) is 2.50. The van der Waals surface area contributed by atoms with Crippen molar-refractivity contribution >= 4 is 10.1 Å². The van der Waals surface area contributed by atoms with Crippen molar-refractivity contribution in [3.8, 4) is 11.4 Å². The summed E-state index contributed by atoms with van der Waals surface area (Å²) in [5.41, 5.74) is 1.28. The molecule has 20 heavy (non-hydrogen) atoms. The lowest BCUT2D eigenvalue weighted by molar-refractivity contribution is -0.750. The first-order valence-electron chi connectivity index (χ1n) is 5.71. The molecule has 2 aromatic rings. The minimum Gasteiger partial charge on any atom is -0.392 e. The van der Waals surface area contributed by atoms with Gasteiger partial charge in [0.1, 0.15) is 11.9 Å². The Bertz CT molecular complexity index is 671. The third kappa shape index (κ3) is 4.02. The average Bonchev–Trinajstić information content (AvgIpc) is 2.45. The summed E-state index contributed by atoms with van der Waals surface area (Å²) in [7, 11) is -4.00. The van der Waals surface area contributed by atoms with Gasteiger partial charge >= 0.3 is 0 Å². The Kier molecular flexibility index (Phi) is 4.32. The van der Waals surface area contributed by atoms with Crippen molar-refractivity contribution in [3.05, 3.63) is 36.4 Å². The van der Waals surface area contributed by atoms with Crippen molar-refractivity contribution in [2.75, 3.05) is 5.75 Å². The lowest BCUT2D eigenvalue weighted by atomic mass is 10.3. The van der Waals surface area contributed by atoms with Crippen molar-refractivity contribution in [2.24, 2.45) is 0 Å². The number of nitrogens with zero attached hydrogens (tertiary/aromatic N) is 4. The van der Waals surface area contributed by atoms with Crippen molar-refractivity contribution in [1.29, 1.82) is 0 Å². The zero-order chi connectivity index (χ0) is 14.6. The Hall–Kier alpha value is -1.97. The summed E-state index contributed by atoms with van der Waals surface area (Å²) in [6, 6.07) is 1.69. The number of hydrogen-bond acceptors (Lipinski definition) is 6. The van der Waals surface area contributed by atoms with Crippen LogP contribution in [-0.2, 0) is 23.3 Å². The van der Waals surface area contributed by atoms with Crippen LogP contribution in [0.4, 0.5) is 0 Å². The molecule has 0 saturated carbocycles. The van der Waals surface area contributed by atoms with E-state index in [0.29, 0.717) is 17.0 Å². The highest BCUT2D eigenvalue weighted by atomic mass is 32.2. The Balaban J connectivity index is 2.10. The van der Waals surface area contributed by atoms with Crippen LogP contribution in [0.15, 0.2) is 30.9 Å². The summed E-state index contributed by atoms with van der Waals surface area (Å²) in [5.74, 6) is 0.0581. The van der Waals surface area contributed by atoms with Gasteiger partial charge in [-0.05, 0) is 5.10 Å². The van der Waals surface area contributed by atoms with E-state index < -0.39 is 15.9 Å². The molecule has 0 saturated heterocycles. The van der Waals surface area contributed by atoms with Crippen LogP contribution in [0.5, 0.6) is 0 Å². The molecule has 0 aliphatic carbocycles. The predicted molar refractivity (Wildman–Crippen MR) is 67.8 cm³/mol. The van der Waals surface area contributed by atoms with Crippen molar-refractivity contribution in [1.82, 2.24) is 15.1 Å². The maximum atomic E-state index is 10.6. The molecule has 0 bridgehead atoms. The van der Waals surface area contributed by atoms with Crippen LogP contribution < -0.4 is 4.68 Å². The van der Waals surface area contributed by atoms with Gasteiger partial charge in [0.2, 0.25) is 0 Å². The molecule has 8 nitrogen and oxygen atoms in total. The number of hydrogen-bond donors (Lipinski definition) is 2. The van der Waals surface area contributed by atoms with Crippen LogP contribution >= 0.6 is 0 Å². The molecule has 0 aliphatic rings. The maximum Gasteiger partial charge on any atom is 0.271 e. The fourth-order valence-electron chi connectivity index (χ4n) is 1.44. The minimum atomic E-state index is -4.00. The molecule has 0 radical (unpaired) electrons. The number of aryl methyl sites for hydroxylation is 1. The molecule has 0 fully saturated rings.